The van der Waals surface area contributed by atoms with E-state index in [9.17, 15) is 10.1 Å². The molecule has 6 nitrogen and oxygen atoms in total. The monoisotopic (exact) mass is 255 g/mol. The Morgan fingerprint density at radius 3 is 2.53 bits per heavy atom. The summed E-state index contributed by atoms with van der Waals surface area (Å²) in [5.74, 6) is 0. The number of nitro benzene ring substituents is 1. The lowest BCUT2D eigenvalue weighted by molar-refractivity contribution is -0.384. The Morgan fingerprint density at radius 2 is 1.84 bits per heavy atom. The van der Waals surface area contributed by atoms with Gasteiger partial charge >= 0.3 is 0 Å². The van der Waals surface area contributed by atoms with Crippen LogP contribution in [0.25, 0.3) is 11.1 Å². The number of rotatable bonds is 3. The molecule has 19 heavy (non-hydrogen) atoms. The van der Waals surface area contributed by atoms with E-state index in [0.29, 0.717) is 17.3 Å². The van der Waals surface area contributed by atoms with Crippen molar-refractivity contribution in [2.24, 2.45) is 0 Å². The van der Waals surface area contributed by atoms with Crippen molar-refractivity contribution < 1.29 is 9.34 Å². The quantitative estimate of drug-likeness (QED) is 0.572. The van der Waals surface area contributed by atoms with Crippen LogP contribution >= 0.6 is 0 Å². The highest BCUT2D eigenvalue weighted by Gasteiger charge is 2.07. The van der Waals surface area contributed by atoms with Crippen LogP contribution in [0.3, 0.4) is 0 Å². The number of nitrogens with one attached hydrogen (secondary N) is 1. The van der Waals surface area contributed by atoms with Crippen molar-refractivity contribution in [2.45, 2.75) is 0 Å². The maximum absolute atomic E-state index is 10.5. The number of anilines is 2. The number of fused-ring (bicyclic) bond motifs is 1. The molecule has 0 spiro atoms. The lowest BCUT2D eigenvalue weighted by Gasteiger charge is -2.00. The summed E-state index contributed by atoms with van der Waals surface area (Å²) in [6, 6.07) is 13.8. The Kier molecular flexibility index (Phi) is 2.60. The third kappa shape index (κ3) is 2.23. The average molecular weight is 255 g/mol. The molecule has 0 amide bonds. The van der Waals surface area contributed by atoms with Gasteiger partial charge in [0, 0.05) is 17.8 Å². The number of hydrogen-bond donors (Lipinski definition) is 1. The van der Waals surface area contributed by atoms with Crippen LogP contribution in [0.5, 0.6) is 0 Å². The largest absolute Gasteiger partial charge is 0.423 e. The molecule has 0 fully saturated rings. The molecule has 6 heteroatoms. The summed E-state index contributed by atoms with van der Waals surface area (Å²) in [6.07, 6.45) is 0. The van der Waals surface area contributed by atoms with Gasteiger partial charge in [-0.05, 0) is 24.3 Å². The molecule has 0 saturated heterocycles. The molecule has 0 atom stereocenters. The number of nitrogens with zero attached hydrogens (tertiary/aromatic N) is 2. The minimum absolute atomic E-state index is 0.0446. The fraction of sp³-hybridized carbons (Fsp3) is 0. The van der Waals surface area contributed by atoms with Crippen LogP contribution < -0.4 is 5.32 Å². The van der Waals surface area contributed by atoms with Crippen molar-refractivity contribution in [2.75, 3.05) is 5.32 Å². The van der Waals surface area contributed by atoms with Gasteiger partial charge in [-0.1, -0.05) is 12.1 Å². The molecular formula is C13H9N3O3. The van der Waals surface area contributed by atoms with Crippen molar-refractivity contribution >= 4 is 28.5 Å². The van der Waals surface area contributed by atoms with Gasteiger partial charge < -0.3 is 9.73 Å². The van der Waals surface area contributed by atoms with Gasteiger partial charge in [0.2, 0.25) is 0 Å². The minimum atomic E-state index is -0.441. The Balaban J connectivity index is 1.86. The molecule has 1 N–H and O–H groups in total. The van der Waals surface area contributed by atoms with Crippen LogP contribution in [0.2, 0.25) is 0 Å². The molecule has 0 aliphatic rings. The number of oxazole rings is 1. The van der Waals surface area contributed by atoms with E-state index in [4.69, 9.17) is 4.42 Å². The maximum Gasteiger partial charge on any atom is 0.300 e. The summed E-state index contributed by atoms with van der Waals surface area (Å²) in [7, 11) is 0. The van der Waals surface area contributed by atoms with E-state index >= 15 is 0 Å². The van der Waals surface area contributed by atoms with Gasteiger partial charge in [-0.15, -0.1) is 0 Å². The summed E-state index contributed by atoms with van der Waals surface area (Å²) < 4.78 is 5.49. The number of aromatic nitrogens is 1. The fourth-order valence-electron chi connectivity index (χ4n) is 1.72. The maximum atomic E-state index is 10.5. The molecule has 0 aliphatic heterocycles. The van der Waals surface area contributed by atoms with E-state index in [1.165, 1.54) is 12.1 Å². The van der Waals surface area contributed by atoms with Gasteiger partial charge in [0.05, 0.1) is 4.92 Å². The van der Waals surface area contributed by atoms with Crippen LogP contribution in [0.1, 0.15) is 0 Å². The first-order chi connectivity index (χ1) is 9.22. The Labute approximate surface area is 107 Å². The zero-order valence-corrected chi connectivity index (χ0v) is 9.74. The molecule has 0 radical (unpaired) electrons. The SMILES string of the molecule is O=[N+]([O-])c1ccc(Nc2nc3ccccc3o2)cc1. The first-order valence-electron chi connectivity index (χ1n) is 5.59. The molecule has 0 bridgehead atoms. The lowest BCUT2D eigenvalue weighted by Crippen LogP contribution is -1.91. The van der Waals surface area contributed by atoms with Crippen molar-refractivity contribution in [1.29, 1.82) is 0 Å². The molecule has 2 aromatic carbocycles. The molecular weight excluding hydrogens is 246 g/mol. The molecule has 0 aliphatic carbocycles. The normalized spacial score (nSPS) is 10.5. The Hall–Kier alpha value is -2.89. The number of non-ortho nitro benzene ring substituents is 1. The predicted molar refractivity (Wildman–Crippen MR) is 70.4 cm³/mol. The molecule has 3 aromatic rings. The number of nitro groups is 1. The summed E-state index contributed by atoms with van der Waals surface area (Å²) in [4.78, 5) is 14.4. The minimum Gasteiger partial charge on any atom is -0.423 e. The van der Waals surface area contributed by atoms with E-state index in [1.54, 1.807) is 12.1 Å². The van der Waals surface area contributed by atoms with Gasteiger partial charge in [-0.3, -0.25) is 10.1 Å². The predicted octanol–water partition coefficient (Wildman–Crippen LogP) is 3.48. The second-order valence-corrected chi connectivity index (χ2v) is 3.92. The van der Waals surface area contributed by atoms with E-state index in [0.717, 1.165) is 5.52 Å². The first kappa shape index (κ1) is 11.2. The van der Waals surface area contributed by atoms with E-state index in [-0.39, 0.29) is 5.69 Å². The zero-order chi connectivity index (χ0) is 13.2. The third-order valence-corrected chi connectivity index (χ3v) is 2.62. The van der Waals surface area contributed by atoms with Crippen LogP contribution in [-0.4, -0.2) is 9.91 Å². The average Bonchev–Trinajstić information content (AvgIpc) is 2.81. The molecule has 0 saturated carbocycles. The van der Waals surface area contributed by atoms with Gasteiger partial charge in [-0.2, -0.15) is 4.98 Å². The Morgan fingerprint density at radius 1 is 1.11 bits per heavy atom. The smallest absolute Gasteiger partial charge is 0.300 e. The zero-order valence-electron chi connectivity index (χ0n) is 9.74. The summed E-state index contributed by atoms with van der Waals surface area (Å²) in [5.41, 5.74) is 2.17. The lowest BCUT2D eigenvalue weighted by atomic mass is 10.3. The topological polar surface area (TPSA) is 81.2 Å². The summed E-state index contributed by atoms with van der Waals surface area (Å²) >= 11 is 0. The third-order valence-electron chi connectivity index (χ3n) is 2.62. The second-order valence-electron chi connectivity index (χ2n) is 3.92. The van der Waals surface area contributed by atoms with Crippen LogP contribution in [0.4, 0.5) is 17.4 Å². The summed E-state index contributed by atoms with van der Waals surface area (Å²) in [6.45, 7) is 0. The van der Waals surface area contributed by atoms with Crippen LogP contribution in [0.15, 0.2) is 52.9 Å². The van der Waals surface area contributed by atoms with Gasteiger partial charge in [0.25, 0.3) is 11.7 Å². The van der Waals surface area contributed by atoms with Crippen molar-refractivity contribution in [3.63, 3.8) is 0 Å². The number of benzene rings is 2. The van der Waals surface area contributed by atoms with Crippen molar-refractivity contribution in [3.05, 3.63) is 58.6 Å². The van der Waals surface area contributed by atoms with Crippen LogP contribution in [0, 0.1) is 10.1 Å². The van der Waals surface area contributed by atoms with Crippen LogP contribution in [-0.2, 0) is 0 Å². The first-order valence-corrected chi connectivity index (χ1v) is 5.59. The number of hydrogen-bond acceptors (Lipinski definition) is 5. The number of para-hydroxylation sites is 2. The standard InChI is InChI=1S/C13H9N3O3/c17-16(18)10-7-5-9(6-8-10)14-13-15-11-3-1-2-4-12(11)19-13/h1-8H,(H,14,15). The molecule has 0 unspecified atom stereocenters. The van der Waals surface area contributed by atoms with E-state index in [2.05, 4.69) is 10.3 Å². The van der Waals surface area contributed by atoms with Crippen molar-refractivity contribution in [1.82, 2.24) is 4.98 Å². The molecule has 1 aromatic heterocycles. The molecule has 3 rings (SSSR count). The molecule has 94 valence electrons. The highest BCUT2D eigenvalue weighted by Crippen LogP contribution is 2.23. The summed E-state index contributed by atoms with van der Waals surface area (Å²) in [5, 5.41) is 13.5. The van der Waals surface area contributed by atoms with Gasteiger partial charge in [-0.25, -0.2) is 0 Å². The van der Waals surface area contributed by atoms with Crippen molar-refractivity contribution in [3.8, 4) is 0 Å². The van der Waals surface area contributed by atoms with E-state index in [1.807, 2.05) is 24.3 Å². The van der Waals surface area contributed by atoms with Gasteiger partial charge in [0.1, 0.15) is 5.52 Å². The van der Waals surface area contributed by atoms with Gasteiger partial charge in [0.15, 0.2) is 5.58 Å². The second kappa shape index (κ2) is 4.41. The van der Waals surface area contributed by atoms with E-state index < -0.39 is 4.92 Å². The highest BCUT2D eigenvalue weighted by molar-refractivity contribution is 5.75. The Bertz CT molecular complexity index is 701. The molecule has 1 heterocycles. The fourth-order valence-corrected chi connectivity index (χ4v) is 1.72. The highest BCUT2D eigenvalue weighted by atomic mass is 16.6.